The number of carboxylic acids is 11. The molecule has 0 aliphatic heterocycles. The van der Waals surface area contributed by atoms with Crippen LogP contribution in [0.1, 0.15) is 30.9 Å². The van der Waals surface area contributed by atoms with Gasteiger partial charge in [0.05, 0.1) is 83.3 Å². The number of nitrogens with zero attached hydrogens (tertiary/aromatic N) is 6. The summed E-state index contributed by atoms with van der Waals surface area (Å²) < 4.78 is 59.2. The lowest BCUT2D eigenvalue weighted by atomic mass is 10.1. The topological polar surface area (TPSA) is 555 Å². The van der Waals surface area contributed by atoms with Gasteiger partial charge in [0.25, 0.3) is 0 Å². The summed E-state index contributed by atoms with van der Waals surface area (Å²) in [5, 5.41) is 124. The van der Waals surface area contributed by atoms with Crippen molar-refractivity contribution >= 4 is 91.7 Å². The fourth-order valence-electron chi connectivity index (χ4n) is 8.42. The van der Waals surface area contributed by atoms with Gasteiger partial charge in [-0.15, -0.1) is 0 Å². The Morgan fingerprint density at radius 3 is 1.17 bits per heavy atom. The van der Waals surface area contributed by atoms with Gasteiger partial charge < -0.3 is 132 Å². The monoisotopic (exact) mass is 1380 g/mol. The molecule has 510 valence electrons. The van der Waals surface area contributed by atoms with Crippen LogP contribution in [0, 0.1) is 0 Å². The van der Waals surface area contributed by atoms with Crippen LogP contribution in [0.2, 0.25) is 0 Å². The van der Waals surface area contributed by atoms with E-state index in [1.807, 2.05) is 31.2 Å². The molecule has 0 radical (unpaired) electrons. The van der Waals surface area contributed by atoms with Gasteiger partial charge in [0.2, 0.25) is 0 Å². The lowest BCUT2D eigenvalue weighted by Gasteiger charge is -2.37. The molecule has 2 unspecified atom stereocenters. The number of hydrogen-bond donors (Lipinski definition) is 0. The highest BCUT2D eigenvalue weighted by Gasteiger charge is 2.27. The first-order valence-electron chi connectivity index (χ1n) is 27.2. The first-order chi connectivity index (χ1) is 43.1. The third-order valence-electron chi connectivity index (χ3n) is 12.4. The van der Waals surface area contributed by atoms with E-state index in [1.54, 1.807) is 0 Å². The predicted octanol–water partition coefficient (Wildman–Crippen LogP) is -15.1. The maximum Gasteiger partial charge on any atom is 0.137 e. The molecule has 35 nitrogen and oxygen atoms in total. The summed E-state index contributed by atoms with van der Waals surface area (Å²) in [6, 6.07) is 12.1. The Labute approximate surface area is 533 Å². The van der Waals surface area contributed by atoms with E-state index in [2.05, 4.69) is 15.9 Å². The minimum absolute atomic E-state index is 0.0254. The molecule has 3 aromatic rings. The number of carbonyl (C=O) groups excluding carboxylic acids is 11. The van der Waals surface area contributed by atoms with E-state index < -0.39 is 197 Å². The Bertz CT molecular complexity index is 3040. The van der Waals surface area contributed by atoms with Gasteiger partial charge in [-0.1, -0.05) is 41.4 Å². The lowest BCUT2D eigenvalue weighted by Crippen LogP contribution is -2.56. The first kappa shape index (κ1) is 79.3. The fraction of sp³-hybridized carbons (Fsp3) is 0.473. The number of aliphatic carboxylic acids is 11. The van der Waals surface area contributed by atoms with Crippen LogP contribution in [0.15, 0.2) is 70.0 Å². The van der Waals surface area contributed by atoms with Crippen molar-refractivity contribution in [2.24, 2.45) is 0 Å². The van der Waals surface area contributed by atoms with Crippen molar-refractivity contribution in [2.75, 3.05) is 125 Å². The van der Waals surface area contributed by atoms with Gasteiger partial charge in [0, 0.05) is 133 Å². The zero-order chi connectivity index (χ0) is 69.3. The number of ether oxygens (including phenoxy) is 4. The summed E-state index contributed by atoms with van der Waals surface area (Å²) >= 11 is 3.33. The number of rotatable bonds is 48. The van der Waals surface area contributed by atoms with Crippen LogP contribution >= 0.6 is 15.9 Å². The highest BCUT2D eigenvalue weighted by molar-refractivity contribution is 9.10. The Kier molecular flexibility index (Phi) is 35.2. The molecule has 3 aromatic carbocycles. The molecule has 0 saturated heterocycles. The predicted molar refractivity (Wildman–Crippen MR) is 286 cm³/mol. The van der Waals surface area contributed by atoms with Crippen LogP contribution in [0.3, 0.4) is 0 Å². The number of carbonyl (C=O) groups is 11. The summed E-state index contributed by atoms with van der Waals surface area (Å²) in [6.07, 6.45) is 0.761. The van der Waals surface area contributed by atoms with Gasteiger partial charge in [0.1, 0.15) is 52.9 Å². The Morgan fingerprint density at radius 1 is 0.446 bits per heavy atom. The molecule has 0 aromatic heterocycles. The van der Waals surface area contributed by atoms with Crippen LogP contribution < -0.4 is 75.1 Å². The van der Waals surface area contributed by atoms with Crippen molar-refractivity contribution in [3.63, 3.8) is 0 Å². The van der Waals surface area contributed by atoms with Crippen molar-refractivity contribution < 1.29 is 141 Å². The molecule has 2 atom stereocenters. The van der Waals surface area contributed by atoms with Crippen molar-refractivity contribution in [2.45, 2.75) is 49.8 Å². The molecule has 0 N–H and O–H groups in total. The molecule has 0 bridgehead atoms. The molecular weight excluding hydrogens is 1320 g/mol. The average molecular weight is 1380 g/mol. The van der Waals surface area contributed by atoms with Crippen LogP contribution in [-0.2, 0) is 75.9 Å². The first-order valence-corrected chi connectivity index (χ1v) is 29.4. The number of benzene rings is 3. The van der Waals surface area contributed by atoms with Gasteiger partial charge in [-0.2, -0.15) is 0 Å². The summed E-state index contributed by atoms with van der Waals surface area (Å²) in [4.78, 5) is 129. The normalized spacial score (nSPS) is 12.0. The van der Waals surface area contributed by atoms with Crippen LogP contribution in [-0.4, -0.2) is 245 Å². The second-order valence-electron chi connectivity index (χ2n) is 19.8. The second-order valence-corrected chi connectivity index (χ2v) is 22.1. The maximum atomic E-state index is 12.0. The molecule has 0 heterocycles. The highest BCUT2D eigenvalue weighted by Crippen LogP contribution is 2.30. The smallest absolute Gasteiger partial charge is 0.137 e. The summed E-state index contributed by atoms with van der Waals surface area (Å²) in [7, 11) is -5.15. The molecule has 0 aliphatic carbocycles. The lowest BCUT2D eigenvalue weighted by molar-refractivity contribution is -0.314. The molecular formula is C55H61BrN6O29S-12. The fourth-order valence-corrected chi connectivity index (χ4v) is 9.32. The summed E-state index contributed by atoms with van der Waals surface area (Å²) in [5.41, 5.74) is 0.896. The van der Waals surface area contributed by atoms with Gasteiger partial charge >= 0.3 is 0 Å². The summed E-state index contributed by atoms with van der Waals surface area (Å²) in [6.45, 7) is -10.6. The molecule has 37 heteroatoms. The third-order valence-corrected chi connectivity index (χ3v) is 13.8. The molecule has 0 saturated carbocycles. The number of halogens is 1. The molecule has 0 amide bonds. The zero-order valence-corrected chi connectivity index (χ0v) is 51.4. The van der Waals surface area contributed by atoms with Gasteiger partial charge in [-0.25, -0.2) is 8.42 Å². The molecule has 0 fully saturated rings. The van der Waals surface area contributed by atoms with E-state index in [0.29, 0.717) is 6.42 Å². The van der Waals surface area contributed by atoms with E-state index >= 15 is 0 Å². The number of hydrogen-bond acceptors (Lipinski definition) is 35. The minimum Gasteiger partial charge on any atom is -0.744 e. The summed E-state index contributed by atoms with van der Waals surface area (Å²) in [5.74, 6) is -18.5. The Hall–Kier alpha value is -8.82. The second kappa shape index (κ2) is 40.8. The molecule has 92 heavy (non-hydrogen) atoms. The van der Waals surface area contributed by atoms with E-state index in [1.165, 1.54) is 24.3 Å². The maximum absolute atomic E-state index is 12.0. The van der Waals surface area contributed by atoms with E-state index in [0.717, 1.165) is 58.0 Å². The van der Waals surface area contributed by atoms with Crippen molar-refractivity contribution in [1.82, 2.24) is 29.4 Å². The van der Waals surface area contributed by atoms with E-state index in [4.69, 9.17) is 18.9 Å². The molecule has 0 aliphatic rings. The van der Waals surface area contributed by atoms with E-state index in [9.17, 15) is 122 Å². The molecule has 0 spiro atoms. The van der Waals surface area contributed by atoms with Crippen LogP contribution in [0.5, 0.6) is 23.0 Å². The number of carboxylic acid groups (broad SMARTS) is 11. The van der Waals surface area contributed by atoms with Gasteiger partial charge in [0.15, 0.2) is 0 Å². The zero-order valence-electron chi connectivity index (χ0n) is 49.0. The quantitative estimate of drug-likeness (QED) is 0.0374. The van der Waals surface area contributed by atoms with Crippen molar-refractivity contribution in [3.05, 3.63) is 76.3 Å². The third kappa shape index (κ3) is 34.4. The van der Waals surface area contributed by atoms with Gasteiger partial charge in [-0.05, 0) is 54.4 Å². The van der Waals surface area contributed by atoms with Crippen LogP contribution in [0.4, 0.5) is 0 Å². The van der Waals surface area contributed by atoms with Crippen molar-refractivity contribution in [3.8, 4) is 23.0 Å². The number of unbranched alkanes of at least 4 members (excludes halogenated alkanes) is 1. The highest BCUT2D eigenvalue weighted by atomic mass is 79.9. The average Bonchev–Trinajstić information content (AvgIpc) is 0.845. The van der Waals surface area contributed by atoms with Gasteiger partial charge in [-0.3, -0.25) is 29.4 Å². The molecule has 3 rings (SSSR count). The van der Waals surface area contributed by atoms with E-state index in [-0.39, 0.29) is 62.2 Å². The Morgan fingerprint density at radius 2 is 0.804 bits per heavy atom. The SMILES string of the molecule is CCCCOc1ccc(OCC(CN(CCN(CC(=O)[O-])CC(=O)[O-])CC(=O)[O-])N(CC(=O)[O-])CC(=O)[O-])c(S(=O)(=O)[O-])c1.O=C([O-])Cc1cc(OCc2ccc(Br)cc2)ccc1OCC(CN(CCN(CC(=O)[O-])CC(=O)[O-])CC(=O)[O-])N(CC(=O)[O-])CC(=O)[O-]. The standard InChI is InChI=1S/C30H36BrN3O14.C25H37N3O15S/c31-21-3-1-19(2-4-21)17-47-23-5-6-24(20(9-23)10-25(35)36)48-18-22(34(15-29(43)44)16-30(45)46)11-32(12-26(37)38)7-8-33(13-27(39)40)14-28(41)42;1-2-3-8-42-18-4-5-19(20(9-18)44(39,40)41)43-16-17(28(14-24(35)36)15-25(37)38)10-26(11-21(29)30)6-7-27(12-22(31)32)13-23(33)34/h1-6,9,22H,7-8,10-18H2,(H,35,36)(H,37,38)(H,39,40)(H,41,42)(H,43,44)(H,45,46);4-5,9,17H,2-3,6-8,10-16H2,1H3,(H,29,30)(H,31,32)(H,33,34)(H,35,36)(H,37,38)(H,39,40,41)/p-12. The van der Waals surface area contributed by atoms with Crippen LogP contribution in [0.25, 0.3) is 0 Å². The minimum atomic E-state index is -5.15. The van der Waals surface area contributed by atoms with Crippen molar-refractivity contribution in [1.29, 1.82) is 0 Å². The largest absolute Gasteiger partial charge is 0.744 e. The Balaban J connectivity index is 0.000000629.